The quantitative estimate of drug-likeness (QED) is 0.317. The Morgan fingerprint density at radius 3 is 2.56 bits per heavy atom. The maximum atomic E-state index is 14.9. The van der Waals surface area contributed by atoms with Gasteiger partial charge in [-0.3, -0.25) is 25.0 Å². The summed E-state index contributed by atoms with van der Waals surface area (Å²) in [5.74, 6) is -0.699. The number of halogens is 4. The van der Waals surface area contributed by atoms with E-state index < -0.39 is 35.4 Å². The van der Waals surface area contributed by atoms with Gasteiger partial charge in [-0.2, -0.15) is 18.3 Å². The van der Waals surface area contributed by atoms with Gasteiger partial charge < -0.3 is 5.32 Å². The molecule has 1 aromatic carbocycles. The Bertz CT molecular complexity index is 1370. The van der Waals surface area contributed by atoms with Gasteiger partial charge in [-0.15, -0.1) is 0 Å². The molecule has 0 saturated heterocycles. The molecule has 3 N–H and O–H groups in total. The molecule has 1 amide bonds. The number of fused-ring (bicyclic) bond motifs is 1. The number of nitrogens with one attached hydrogen (secondary N) is 3. The second-order valence-electron chi connectivity index (χ2n) is 7.42. The Balaban J connectivity index is 1.72. The van der Waals surface area contributed by atoms with E-state index in [1.807, 2.05) is 0 Å². The Morgan fingerprint density at radius 1 is 1.22 bits per heavy atom. The van der Waals surface area contributed by atoms with Crippen molar-refractivity contribution in [2.75, 3.05) is 5.32 Å². The smallest absolute Gasteiger partial charge is 0.323 e. The number of aromatic nitrogens is 3. The molecule has 0 atom stereocenters. The van der Waals surface area contributed by atoms with E-state index in [1.54, 1.807) is 0 Å². The Kier molecular flexibility index (Phi) is 4.94. The molecule has 166 valence electrons. The number of carbonyl (C=O) groups excluding carboxylic acids is 1. The van der Waals surface area contributed by atoms with Crippen LogP contribution in [0.15, 0.2) is 41.3 Å². The first-order valence-corrected chi connectivity index (χ1v) is 9.40. The number of nitrogens with zero attached hydrogens (tertiary/aromatic N) is 3. The number of pyridine rings is 1. The standard InChI is InChI=1S/C20H16F4N6O2/c21-19(5-6-19)17-14-7-11(20(22,23)24)1-3-13(14)18(32)30(28-17)9-16(31)27-12-2-4-15(26)29(8-12)10-25/h1-4,7-8,10,25-26H,5-6,9H2,(H,27,31). The van der Waals surface area contributed by atoms with Gasteiger partial charge in [0.1, 0.15) is 17.7 Å². The van der Waals surface area contributed by atoms with E-state index in [0.29, 0.717) is 6.07 Å². The lowest BCUT2D eigenvalue weighted by atomic mass is 10.0. The van der Waals surface area contributed by atoms with Gasteiger partial charge in [0.2, 0.25) is 5.91 Å². The highest BCUT2D eigenvalue weighted by Crippen LogP contribution is 2.50. The lowest BCUT2D eigenvalue weighted by Crippen LogP contribution is -2.32. The SMILES string of the molecule is N=Cn1cc(NC(=O)Cn2nc(C3(F)CC3)c3cc(C(F)(F)F)ccc3c2=O)ccc1=N. The van der Waals surface area contributed by atoms with Crippen molar-refractivity contribution in [2.24, 2.45) is 0 Å². The number of anilines is 1. The number of alkyl halides is 4. The summed E-state index contributed by atoms with van der Waals surface area (Å²) >= 11 is 0. The third-order valence-corrected chi connectivity index (χ3v) is 5.09. The number of rotatable bonds is 5. The van der Waals surface area contributed by atoms with Gasteiger partial charge >= 0.3 is 6.18 Å². The predicted molar refractivity (Wildman–Crippen MR) is 106 cm³/mol. The lowest BCUT2D eigenvalue weighted by molar-refractivity contribution is -0.137. The third kappa shape index (κ3) is 3.90. The van der Waals surface area contributed by atoms with E-state index in [4.69, 9.17) is 10.8 Å². The van der Waals surface area contributed by atoms with Gasteiger partial charge in [-0.1, -0.05) is 0 Å². The summed E-state index contributed by atoms with van der Waals surface area (Å²) in [6, 6.07) is 5.17. The van der Waals surface area contributed by atoms with Crippen LogP contribution in [0.3, 0.4) is 0 Å². The lowest BCUT2D eigenvalue weighted by Gasteiger charge is -2.15. The molecule has 4 rings (SSSR count). The van der Waals surface area contributed by atoms with E-state index >= 15 is 0 Å². The Morgan fingerprint density at radius 2 is 1.94 bits per heavy atom. The minimum atomic E-state index is -4.67. The second kappa shape index (κ2) is 7.39. The molecule has 0 aliphatic heterocycles. The normalized spacial score (nSPS) is 14.9. The van der Waals surface area contributed by atoms with Gasteiger partial charge in [0.15, 0.2) is 5.67 Å². The molecule has 2 aromatic heterocycles. The maximum Gasteiger partial charge on any atom is 0.416 e. The van der Waals surface area contributed by atoms with Crippen molar-refractivity contribution in [3.8, 4) is 0 Å². The zero-order valence-corrected chi connectivity index (χ0v) is 16.3. The van der Waals surface area contributed by atoms with Gasteiger partial charge in [-0.25, -0.2) is 9.07 Å². The summed E-state index contributed by atoms with van der Waals surface area (Å²) in [6.07, 6.45) is -2.38. The molecule has 1 saturated carbocycles. The Hall–Kier alpha value is -3.83. The molecular formula is C20H16F4N6O2. The summed E-state index contributed by atoms with van der Waals surface area (Å²) in [5, 5.41) is 20.9. The summed E-state index contributed by atoms with van der Waals surface area (Å²) in [7, 11) is 0. The number of benzene rings is 1. The highest BCUT2D eigenvalue weighted by atomic mass is 19.4. The highest BCUT2D eigenvalue weighted by molar-refractivity contribution is 5.91. The topological polar surface area (TPSA) is 117 Å². The number of hydrogen-bond acceptors (Lipinski definition) is 5. The van der Waals surface area contributed by atoms with Crippen molar-refractivity contribution in [3.05, 3.63) is 63.6 Å². The molecule has 0 unspecified atom stereocenters. The molecule has 1 aliphatic carbocycles. The molecule has 1 fully saturated rings. The van der Waals surface area contributed by atoms with Gasteiger partial charge in [-0.05, 0) is 43.2 Å². The highest BCUT2D eigenvalue weighted by Gasteiger charge is 2.48. The van der Waals surface area contributed by atoms with E-state index in [-0.39, 0.29) is 40.5 Å². The zero-order chi connectivity index (χ0) is 23.3. The van der Waals surface area contributed by atoms with E-state index in [2.05, 4.69) is 10.4 Å². The van der Waals surface area contributed by atoms with Crippen LogP contribution in [0.5, 0.6) is 0 Å². The van der Waals surface area contributed by atoms with Crippen molar-refractivity contribution >= 4 is 28.7 Å². The molecule has 32 heavy (non-hydrogen) atoms. The monoisotopic (exact) mass is 448 g/mol. The average Bonchev–Trinajstić information content (AvgIpc) is 3.48. The van der Waals surface area contributed by atoms with Crippen LogP contribution in [0.2, 0.25) is 0 Å². The molecule has 8 nitrogen and oxygen atoms in total. The fourth-order valence-electron chi connectivity index (χ4n) is 3.28. The molecule has 2 heterocycles. The average molecular weight is 448 g/mol. The summed E-state index contributed by atoms with van der Waals surface area (Å²) in [6.45, 7) is -0.605. The number of hydrogen-bond donors (Lipinski definition) is 3. The minimum Gasteiger partial charge on any atom is -0.323 e. The minimum absolute atomic E-state index is 0.00552. The van der Waals surface area contributed by atoms with Crippen LogP contribution in [-0.2, 0) is 23.2 Å². The molecular weight excluding hydrogens is 432 g/mol. The van der Waals surface area contributed by atoms with Crippen LogP contribution in [0.25, 0.3) is 10.8 Å². The van der Waals surface area contributed by atoms with Gasteiger partial charge in [0, 0.05) is 11.6 Å². The molecule has 3 aromatic rings. The first-order valence-electron chi connectivity index (χ1n) is 9.40. The van der Waals surface area contributed by atoms with Crippen molar-refractivity contribution in [3.63, 3.8) is 0 Å². The van der Waals surface area contributed by atoms with E-state index in [0.717, 1.165) is 27.7 Å². The fourth-order valence-corrected chi connectivity index (χ4v) is 3.28. The van der Waals surface area contributed by atoms with Crippen molar-refractivity contribution in [2.45, 2.75) is 31.2 Å². The van der Waals surface area contributed by atoms with Gasteiger partial charge in [0.05, 0.1) is 23.0 Å². The molecule has 12 heteroatoms. The van der Waals surface area contributed by atoms with Crippen LogP contribution < -0.4 is 16.4 Å². The van der Waals surface area contributed by atoms with Crippen LogP contribution in [-0.4, -0.2) is 26.6 Å². The number of carbonyl (C=O) groups is 1. The summed E-state index contributed by atoms with van der Waals surface area (Å²) in [4.78, 5) is 25.2. The number of amides is 1. The van der Waals surface area contributed by atoms with Crippen molar-refractivity contribution in [1.82, 2.24) is 14.3 Å². The van der Waals surface area contributed by atoms with Crippen LogP contribution in [0.4, 0.5) is 23.2 Å². The van der Waals surface area contributed by atoms with Crippen LogP contribution >= 0.6 is 0 Å². The van der Waals surface area contributed by atoms with Crippen LogP contribution in [0.1, 0.15) is 24.1 Å². The summed E-state index contributed by atoms with van der Waals surface area (Å²) in [5.41, 5.74) is -3.86. The molecule has 0 spiro atoms. The van der Waals surface area contributed by atoms with Crippen molar-refractivity contribution in [1.29, 1.82) is 10.8 Å². The third-order valence-electron chi connectivity index (χ3n) is 5.09. The van der Waals surface area contributed by atoms with Gasteiger partial charge in [0.25, 0.3) is 5.56 Å². The first kappa shape index (κ1) is 21.4. The van der Waals surface area contributed by atoms with E-state index in [9.17, 15) is 27.2 Å². The largest absolute Gasteiger partial charge is 0.416 e. The molecule has 0 bridgehead atoms. The summed E-state index contributed by atoms with van der Waals surface area (Å²) < 4.78 is 56.1. The zero-order valence-electron chi connectivity index (χ0n) is 16.3. The fraction of sp³-hybridized carbons (Fsp3) is 0.250. The Labute approximate surface area is 177 Å². The second-order valence-corrected chi connectivity index (χ2v) is 7.42. The molecule has 0 radical (unpaired) electrons. The van der Waals surface area contributed by atoms with Crippen molar-refractivity contribution < 1.29 is 22.4 Å². The first-order chi connectivity index (χ1) is 15.0. The predicted octanol–water partition coefficient (Wildman–Crippen LogP) is 2.75. The maximum absolute atomic E-state index is 14.9. The molecule has 1 aliphatic rings. The van der Waals surface area contributed by atoms with Crippen LogP contribution in [0, 0.1) is 10.8 Å². The van der Waals surface area contributed by atoms with E-state index in [1.165, 1.54) is 18.3 Å².